The van der Waals surface area contributed by atoms with Crippen LogP contribution in [0.1, 0.15) is 5.56 Å². The van der Waals surface area contributed by atoms with Crippen LogP contribution in [0.4, 0.5) is 10.1 Å². The molecule has 0 bridgehead atoms. The molecular weight excluding hydrogens is 376 g/mol. The lowest BCUT2D eigenvalue weighted by atomic mass is 10.2. The van der Waals surface area contributed by atoms with Gasteiger partial charge < -0.3 is 5.32 Å². The Bertz CT molecular complexity index is 779. The predicted octanol–water partition coefficient (Wildman–Crippen LogP) is 3.89. The molecule has 1 saturated heterocycles. The molecule has 1 fully saturated rings. The van der Waals surface area contributed by atoms with Crippen LogP contribution < -0.4 is 5.32 Å². The number of carbonyl (C=O) groups is 1. The van der Waals surface area contributed by atoms with Crippen molar-refractivity contribution >= 4 is 34.8 Å². The van der Waals surface area contributed by atoms with E-state index in [-0.39, 0.29) is 11.7 Å². The van der Waals surface area contributed by atoms with E-state index in [9.17, 15) is 9.18 Å². The van der Waals surface area contributed by atoms with Gasteiger partial charge in [0.25, 0.3) is 0 Å². The number of amides is 1. The zero-order valence-electron chi connectivity index (χ0n) is 14.2. The normalized spacial score (nSPS) is 15.8. The van der Waals surface area contributed by atoms with Gasteiger partial charge in [0.15, 0.2) is 0 Å². The molecule has 0 radical (unpaired) electrons. The molecule has 138 valence electrons. The molecule has 0 saturated carbocycles. The molecule has 2 aromatic rings. The van der Waals surface area contributed by atoms with E-state index in [0.29, 0.717) is 28.8 Å². The lowest BCUT2D eigenvalue weighted by molar-refractivity contribution is -0.117. The van der Waals surface area contributed by atoms with Crippen LogP contribution in [-0.2, 0) is 11.3 Å². The van der Waals surface area contributed by atoms with Gasteiger partial charge in [-0.3, -0.25) is 14.6 Å². The summed E-state index contributed by atoms with van der Waals surface area (Å²) in [6, 6.07) is 11.6. The highest BCUT2D eigenvalue weighted by molar-refractivity contribution is 6.31. The van der Waals surface area contributed by atoms with E-state index in [1.807, 2.05) is 6.07 Å². The van der Waals surface area contributed by atoms with E-state index in [1.54, 1.807) is 24.3 Å². The monoisotopic (exact) mass is 395 g/mol. The minimum Gasteiger partial charge on any atom is -0.325 e. The molecule has 2 aromatic carbocycles. The zero-order valence-corrected chi connectivity index (χ0v) is 15.7. The maximum atomic E-state index is 13.1. The second-order valence-corrected chi connectivity index (χ2v) is 7.19. The number of nitrogens with one attached hydrogen (secondary N) is 1. The van der Waals surface area contributed by atoms with Gasteiger partial charge >= 0.3 is 0 Å². The Labute approximate surface area is 162 Å². The Hall–Kier alpha value is -1.66. The fraction of sp³-hybridized carbons (Fsp3) is 0.316. The average molecular weight is 396 g/mol. The smallest absolute Gasteiger partial charge is 0.238 e. The molecule has 0 aliphatic carbocycles. The quantitative estimate of drug-likeness (QED) is 0.833. The number of hydrogen-bond donors (Lipinski definition) is 1. The van der Waals surface area contributed by atoms with E-state index >= 15 is 0 Å². The van der Waals surface area contributed by atoms with Gasteiger partial charge in [0, 0.05) is 48.5 Å². The summed E-state index contributed by atoms with van der Waals surface area (Å²) in [5.74, 6) is -0.378. The fourth-order valence-corrected chi connectivity index (χ4v) is 3.38. The van der Waals surface area contributed by atoms with Crippen molar-refractivity contribution in [3.63, 3.8) is 0 Å². The van der Waals surface area contributed by atoms with Crippen molar-refractivity contribution in [3.8, 4) is 0 Å². The third-order valence-corrected chi connectivity index (χ3v) is 4.94. The number of rotatable bonds is 5. The largest absolute Gasteiger partial charge is 0.325 e. The zero-order chi connectivity index (χ0) is 18.5. The molecule has 1 N–H and O–H groups in total. The molecule has 7 heteroatoms. The van der Waals surface area contributed by atoms with Gasteiger partial charge in [-0.2, -0.15) is 0 Å². The van der Waals surface area contributed by atoms with Crippen LogP contribution in [0.3, 0.4) is 0 Å². The SMILES string of the molecule is O=C(CN1CCN(Cc2ccc(F)cc2Cl)CC1)Nc1cccc(Cl)c1. The first kappa shape index (κ1) is 19.1. The standard InChI is InChI=1S/C19H20Cl2FN3O/c20-15-2-1-3-17(10-15)23-19(26)13-25-8-6-24(7-9-25)12-14-4-5-16(22)11-18(14)21/h1-5,10-11H,6-9,12-13H2,(H,23,26). The van der Waals surface area contributed by atoms with Crippen molar-refractivity contribution in [2.24, 2.45) is 0 Å². The number of halogens is 3. The summed E-state index contributed by atoms with van der Waals surface area (Å²) >= 11 is 12.0. The second kappa shape index (κ2) is 8.82. The summed E-state index contributed by atoms with van der Waals surface area (Å²) in [6.45, 7) is 4.28. The van der Waals surface area contributed by atoms with E-state index in [1.165, 1.54) is 12.1 Å². The first-order valence-corrected chi connectivity index (χ1v) is 9.19. The van der Waals surface area contributed by atoms with Crippen LogP contribution in [0.25, 0.3) is 0 Å². The van der Waals surface area contributed by atoms with E-state index in [2.05, 4.69) is 15.1 Å². The third-order valence-electron chi connectivity index (χ3n) is 4.35. The maximum absolute atomic E-state index is 13.1. The Balaban J connectivity index is 1.45. The van der Waals surface area contributed by atoms with E-state index in [4.69, 9.17) is 23.2 Å². The lowest BCUT2D eigenvalue weighted by Gasteiger charge is -2.34. The Morgan fingerprint density at radius 3 is 2.46 bits per heavy atom. The molecular formula is C19H20Cl2FN3O. The highest BCUT2D eigenvalue weighted by Crippen LogP contribution is 2.20. The summed E-state index contributed by atoms with van der Waals surface area (Å²) in [5.41, 5.74) is 1.62. The van der Waals surface area contributed by atoms with Gasteiger partial charge in [-0.15, -0.1) is 0 Å². The second-order valence-electron chi connectivity index (χ2n) is 6.35. The Kier molecular flexibility index (Phi) is 6.48. The molecule has 1 heterocycles. The molecule has 1 aliphatic rings. The minimum absolute atomic E-state index is 0.0534. The van der Waals surface area contributed by atoms with Crippen LogP contribution in [0, 0.1) is 5.82 Å². The van der Waals surface area contributed by atoms with Crippen LogP contribution >= 0.6 is 23.2 Å². The van der Waals surface area contributed by atoms with Gasteiger partial charge in [-0.1, -0.05) is 35.3 Å². The molecule has 1 amide bonds. The molecule has 3 rings (SSSR count). The number of nitrogens with zero attached hydrogens (tertiary/aromatic N) is 2. The topological polar surface area (TPSA) is 35.6 Å². The van der Waals surface area contributed by atoms with Crippen LogP contribution in [-0.4, -0.2) is 48.4 Å². The summed E-state index contributed by atoms with van der Waals surface area (Å²) in [5, 5.41) is 3.91. The summed E-state index contributed by atoms with van der Waals surface area (Å²) < 4.78 is 13.1. The van der Waals surface area contributed by atoms with Gasteiger partial charge in [0.05, 0.1) is 6.54 Å². The third kappa shape index (κ3) is 5.42. The highest BCUT2D eigenvalue weighted by atomic mass is 35.5. The van der Waals surface area contributed by atoms with Crippen molar-refractivity contribution in [2.45, 2.75) is 6.54 Å². The molecule has 1 aliphatic heterocycles. The molecule has 0 unspecified atom stereocenters. The molecule has 0 aromatic heterocycles. The summed E-state index contributed by atoms with van der Waals surface area (Å²) in [6.07, 6.45) is 0. The number of piperazine rings is 1. The number of hydrogen-bond acceptors (Lipinski definition) is 3. The number of anilines is 1. The molecule has 0 spiro atoms. The number of benzene rings is 2. The van der Waals surface area contributed by atoms with Crippen LogP contribution in [0.2, 0.25) is 10.0 Å². The van der Waals surface area contributed by atoms with Gasteiger partial charge in [0.1, 0.15) is 5.82 Å². The van der Waals surface area contributed by atoms with Crippen molar-refractivity contribution in [3.05, 3.63) is 63.9 Å². The van der Waals surface area contributed by atoms with Crippen molar-refractivity contribution in [2.75, 3.05) is 38.0 Å². The highest BCUT2D eigenvalue weighted by Gasteiger charge is 2.19. The molecule has 4 nitrogen and oxygen atoms in total. The lowest BCUT2D eigenvalue weighted by Crippen LogP contribution is -2.48. The van der Waals surface area contributed by atoms with Crippen LogP contribution in [0.5, 0.6) is 0 Å². The minimum atomic E-state index is -0.325. The fourth-order valence-electron chi connectivity index (χ4n) is 2.97. The Morgan fingerprint density at radius 2 is 1.77 bits per heavy atom. The first-order valence-electron chi connectivity index (χ1n) is 8.43. The van der Waals surface area contributed by atoms with Crippen molar-refractivity contribution in [1.82, 2.24) is 9.80 Å². The van der Waals surface area contributed by atoms with Crippen LogP contribution in [0.15, 0.2) is 42.5 Å². The first-order chi connectivity index (χ1) is 12.5. The van der Waals surface area contributed by atoms with E-state index < -0.39 is 0 Å². The van der Waals surface area contributed by atoms with Gasteiger partial charge in [0.2, 0.25) is 5.91 Å². The number of carbonyl (C=O) groups excluding carboxylic acids is 1. The Morgan fingerprint density at radius 1 is 1.04 bits per heavy atom. The summed E-state index contributed by atoms with van der Waals surface area (Å²) in [7, 11) is 0. The predicted molar refractivity (Wildman–Crippen MR) is 103 cm³/mol. The average Bonchev–Trinajstić information content (AvgIpc) is 2.59. The molecule has 26 heavy (non-hydrogen) atoms. The van der Waals surface area contributed by atoms with Gasteiger partial charge in [-0.05, 0) is 35.9 Å². The van der Waals surface area contributed by atoms with Crippen molar-refractivity contribution < 1.29 is 9.18 Å². The summed E-state index contributed by atoms with van der Waals surface area (Å²) in [4.78, 5) is 16.5. The maximum Gasteiger partial charge on any atom is 0.238 e. The molecule has 0 atom stereocenters. The van der Waals surface area contributed by atoms with E-state index in [0.717, 1.165) is 31.7 Å². The van der Waals surface area contributed by atoms with Gasteiger partial charge in [-0.25, -0.2) is 4.39 Å². The van der Waals surface area contributed by atoms with Crippen molar-refractivity contribution in [1.29, 1.82) is 0 Å².